The number of aliphatic imine (C=N–C) groups is 1. The lowest BCUT2D eigenvalue weighted by atomic mass is 9.88. The van der Waals surface area contributed by atoms with Crippen LogP contribution >= 0.6 is 0 Å². The van der Waals surface area contributed by atoms with Gasteiger partial charge < -0.3 is 0 Å². The lowest BCUT2D eigenvalue weighted by Gasteiger charge is -2.17. The van der Waals surface area contributed by atoms with Crippen molar-refractivity contribution in [1.82, 2.24) is 0 Å². The Kier molecular flexibility index (Phi) is 3.40. The standard InChI is InChI=1S/C11H19N2/c1-9-5-6-10(2)11(7-9)12-8-13(3)4/h7-10H,3,5-6H2,1-2,4H3/q+1. The van der Waals surface area contributed by atoms with E-state index in [1.807, 2.05) is 7.05 Å². The Morgan fingerprint density at radius 1 is 1.54 bits per heavy atom. The van der Waals surface area contributed by atoms with Gasteiger partial charge in [0.05, 0.1) is 13.8 Å². The third-order valence-corrected chi connectivity index (χ3v) is 2.42. The maximum atomic E-state index is 4.41. The smallest absolute Gasteiger partial charge is 0.247 e. The fourth-order valence-corrected chi connectivity index (χ4v) is 1.54. The number of allylic oxidation sites excluding steroid dienone is 2. The first-order chi connectivity index (χ1) is 6.09. The van der Waals surface area contributed by atoms with Gasteiger partial charge >= 0.3 is 0 Å². The molecule has 0 heterocycles. The monoisotopic (exact) mass is 179 g/mol. The first-order valence-electron chi connectivity index (χ1n) is 4.89. The van der Waals surface area contributed by atoms with Crippen molar-refractivity contribution >= 4 is 13.1 Å². The third-order valence-electron chi connectivity index (χ3n) is 2.42. The van der Waals surface area contributed by atoms with Gasteiger partial charge in [0.1, 0.15) is 0 Å². The van der Waals surface area contributed by atoms with Crippen LogP contribution in [0.4, 0.5) is 0 Å². The average Bonchev–Trinajstić information content (AvgIpc) is 2.06. The molecule has 1 aliphatic rings. The number of hydrogen-bond donors (Lipinski definition) is 0. The maximum absolute atomic E-state index is 4.41. The Balaban J connectivity index is 2.70. The van der Waals surface area contributed by atoms with E-state index in [9.17, 15) is 0 Å². The van der Waals surface area contributed by atoms with E-state index in [1.165, 1.54) is 18.5 Å². The summed E-state index contributed by atoms with van der Waals surface area (Å²) in [5.41, 5.74) is 1.22. The van der Waals surface area contributed by atoms with Gasteiger partial charge in [0, 0.05) is 5.92 Å². The van der Waals surface area contributed by atoms with Crippen LogP contribution in [-0.4, -0.2) is 24.7 Å². The van der Waals surface area contributed by atoms with Crippen LogP contribution in [0.5, 0.6) is 0 Å². The molecule has 0 aromatic rings. The highest BCUT2D eigenvalue weighted by Crippen LogP contribution is 2.28. The molecule has 0 amide bonds. The van der Waals surface area contributed by atoms with Gasteiger partial charge in [0.25, 0.3) is 6.34 Å². The van der Waals surface area contributed by atoms with Crippen molar-refractivity contribution in [3.05, 3.63) is 11.8 Å². The Morgan fingerprint density at radius 2 is 2.23 bits per heavy atom. The molecule has 0 N–H and O–H groups in total. The van der Waals surface area contributed by atoms with Crippen LogP contribution in [0.25, 0.3) is 0 Å². The predicted octanol–water partition coefficient (Wildman–Crippen LogP) is 2.31. The van der Waals surface area contributed by atoms with Crippen molar-refractivity contribution in [2.75, 3.05) is 7.05 Å². The van der Waals surface area contributed by atoms with Gasteiger partial charge in [-0.2, -0.15) is 0 Å². The predicted molar refractivity (Wildman–Crippen MR) is 57.4 cm³/mol. The zero-order valence-electron chi connectivity index (χ0n) is 8.83. The van der Waals surface area contributed by atoms with Gasteiger partial charge in [-0.3, -0.25) is 0 Å². The van der Waals surface area contributed by atoms with Crippen molar-refractivity contribution in [3.63, 3.8) is 0 Å². The molecule has 1 aliphatic carbocycles. The van der Waals surface area contributed by atoms with Gasteiger partial charge in [0.15, 0.2) is 5.70 Å². The molecule has 0 spiro atoms. The van der Waals surface area contributed by atoms with E-state index < -0.39 is 0 Å². The summed E-state index contributed by atoms with van der Waals surface area (Å²) >= 11 is 0. The second kappa shape index (κ2) is 4.35. The summed E-state index contributed by atoms with van der Waals surface area (Å²) < 4.78 is 1.73. The van der Waals surface area contributed by atoms with Crippen molar-refractivity contribution in [2.45, 2.75) is 26.7 Å². The van der Waals surface area contributed by atoms with Crippen LogP contribution in [0.15, 0.2) is 16.8 Å². The molecular weight excluding hydrogens is 160 g/mol. The van der Waals surface area contributed by atoms with Crippen molar-refractivity contribution in [2.24, 2.45) is 16.8 Å². The molecule has 0 saturated carbocycles. The molecule has 2 heteroatoms. The normalized spacial score (nSPS) is 29.0. The van der Waals surface area contributed by atoms with Crippen LogP contribution in [0.2, 0.25) is 0 Å². The maximum Gasteiger partial charge on any atom is 0.285 e. The van der Waals surface area contributed by atoms with Crippen molar-refractivity contribution in [1.29, 1.82) is 0 Å². The highest BCUT2D eigenvalue weighted by Gasteiger charge is 2.19. The third kappa shape index (κ3) is 3.13. The van der Waals surface area contributed by atoms with Crippen LogP contribution in [0.3, 0.4) is 0 Å². The van der Waals surface area contributed by atoms with Gasteiger partial charge in [-0.15, -0.1) is 0 Å². The molecule has 0 saturated heterocycles. The van der Waals surface area contributed by atoms with Crippen molar-refractivity contribution < 1.29 is 4.58 Å². The van der Waals surface area contributed by atoms with Gasteiger partial charge in [0.2, 0.25) is 0 Å². The minimum Gasteiger partial charge on any atom is -0.247 e. The van der Waals surface area contributed by atoms with E-state index in [-0.39, 0.29) is 0 Å². The Bertz CT molecular complexity index is 251. The van der Waals surface area contributed by atoms with Crippen LogP contribution < -0.4 is 0 Å². The molecule has 0 bridgehead atoms. The largest absolute Gasteiger partial charge is 0.285 e. The Morgan fingerprint density at radius 3 is 2.85 bits per heavy atom. The van der Waals surface area contributed by atoms with Gasteiger partial charge in [-0.05, 0) is 24.8 Å². The minimum atomic E-state index is 0.604. The number of rotatable bonds is 2. The quantitative estimate of drug-likeness (QED) is 0.351. The average molecular weight is 179 g/mol. The first-order valence-corrected chi connectivity index (χ1v) is 4.89. The molecule has 0 aliphatic heterocycles. The number of hydrogen-bond acceptors (Lipinski definition) is 1. The minimum absolute atomic E-state index is 0.604. The summed E-state index contributed by atoms with van der Waals surface area (Å²) in [6.07, 6.45) is 6.60. The molecule has 2 unspecified atom stereocenters. The van der Waals surface area contributed by atoms with E-state index in [0.717, 1.165) is 0 Å². The molecule has 0 aromatic carbocycles. The summed E-state index contributed by atoms with van der Waals surface area (Å²) in [7, 11) is 1.89. The highest BCUT2D eigenvalue weighted by molar-refractivity contribution is 5.49. The molecule has 2 nitrogen and oxygen atoms in total. The fraction of sp³-hybridized carbons (Fsp3) is 0.636. The number of nitrogens with zero attached hydrogens (tertiary/aromatic N) is 2. The summed E-state index contributed by atoms with van der Waals surface area (Å²) in [5.74, 6) is 1.28. The van der Waals surface area contributed by atoms with E-state index in [1.54, 1.807) is 10.9 Å². The topological polar surface area (TPSA) is 15.4 Å². The second-order valence-electron chi connectivity index (χ2n) is 4.05. The Hall–Kier alpha value is -0.920. The van der Waals surface area contributed by atoms with Gasteiger partial charge in [-0.1, -0.05) is 18.8 Å². The van der Waals surface area contributed by atoms with Crippen LogP contribution in [0.1, 0.15) is 26.7 Å². The molecular formula is C11H19N2+. The summed E-state index contributed by atoms with van der Waals surface area (Å²) in [5, 5.41) is 0. The summed E-state index contributed by atoms with van der Waals surface area (Å²) in [6, 6.07) is 0. The second-order valence-corrected chi connectivity index (χ2v) is 4.05. The summed E-state index contributed by atoms with van der Waals surface area (Å²) in [4.78, 5) is 4.41. The van der Waals surface area contributed by atoms with E-state index in [2.05, 4.69) is 31.6 Å². The van der Waals surface area contributed by atoms with E-state index in [4.69, 9.17) is 0 Å². The molecule has 0 fully saturated rings. The lowest BCUT2D eigenvalue weighted by Crippen LogP contribution is -2.09. The Labute approximate surface area is 80.7 Å². The molecule has 2 atom stereocenters. The lowest BCUT2D eigenvalue weighted by molar-refractivity contribution is -0.349. The van der Waals surface area contributed by atoms with E-state index in [0.29, 0.717) is 11.8 Å². The zero-order valence-corrected chi connectivity index (χ0v) is 8.83. The molecule has 0 aromatic heterocycles. The highest BCUT2D eigenvalue weighted by atomic mass is 15.0. The fourth-order valence-electron chi connectivity index (χ4n) is 1.54. The molecule has 72 valence electrons. The van der Waals surface area contributed by atoms with Crippen LogP contribution in [0, 0.1) is 11.8 Å². The van der Waals surface area contributed by atoms with Crippen molar-refractivity contribution in [3.8, 4) is 0 Å². The molecule has 13 heavy (non-hydrogen) atoms. The zero-order chi connectivity index (χ0) is 9.84. The van der Waals surface area contributed by atoms with E-state index >= 15 is 0 Å². The molecule has 0 radical (unpaired) electrons. The first kappa shape index (κ1) is 10.2. The van der Waals surface area contributed by atoms with Gasteiger partial charge in [-0.25, -0.2) is 4.58 Å². The van der Waals surface area contributed by atoms with Crippen LogP contribution in [-0.2, 0) is 0 Å². The summed E-state index contributed by atoms with van der Waals surface area (Å²) in [6.45, 7) is 8.20. The SMILES string of the molecule is C=[N+](C)C=NC1=CC(C)CCC1C. The molecule has 1 rings (SSSR count).